The van der Waals surface area contributed by atoms with Crippen molar-refractivity contribution in [3.05, 3.63) is 65.2 Å². The number of carbonyl (C=O) groups is 1. The number of nitrogens with one attached hydrogen (secondary N) is 1. The monoisotopic (exact) mass is 311 g/mol. The molecule has 0 aromatic heterocycles. The Labute approximate surface area is 138 Å². The van der Waals surface area contributed by atoms with Gasteiger partial charge in [-0.3, -0.25) is 4.79 Å². The number of ether oxygens (including phenoxy) is 1. The second kappa shape index (κ2) is 7.32. The van der Waals surface area contributed by atoms with Crippen molar-refractivity contribution in [1.82, 2.24) is 5.32 Å². The maximum absolute atomic E-state index is 12.1. The first-order valence-corrected chi connectivity index (χ1v) is 7.94. The van der Waals surface area contributed by atoms with Crippen LogP contribution in [0.2, 0.25) is 0 Å². The molecule has 0 aliphatic carbocycles. The van der Waals surface area contributed by atoms with Crippen LogP contribution in [0.4, 0.5) is 0 Å². The third kappa shape index (κ3) is 5.13. The highest BCUT2D eigenvalue weighted by molar-refractivity contribution is 5.94. The van der Waals surface area contributed by atoms with Gasteiger partial charge in [-0.2, -0.15) is 0 Å². The molecule has 3 nitrogen and oxygen atoms in total. The third-order valence-corrected chi connectivity index (χ3v) is 3.69. The fourth-order valence-corrected chi connectivity index (χ4v) is 2.19. The summed E-state index contributed by atoms with van der Waals surface area (Å²) in [5.41, 5.74) is 3.19. The minimum Gasteiger partial charge on any atom is -0.492 e. The van der Waals surface area contributed by atoms with E-state index < -0.39 is 0 Å². The van der Waals surface area contributed by atoms with Crippen LogP contribution in [0, 0.1) is 6.92 Å². The van der Waals surface area contributed by atoms with E-state index in [0.29, 0.717) is 18.7 Å². The zero-order valence-electron chi connectivity index (χ0n) is 14.3. The molecule has 0 spiro atoms. The second-order valence-corrected chi connectivity index (χ2v) is 6.74. The first-order valence-electron chi connectivity index (χ1n) is 7.94. The molecule has 1 N–H and O–H groups in total. The Kier molecular flexibility index (Phi) is 5.43. The molecule has 0 heterocycles. The van der Waals surface area contributed by atoms with Crippen LogP contribution in [-0.2, 0) is 5.41 Å². The third-order valence-electron chi connectivity index (χ3n) is 3.69. The lowest BCUT2D eigenvalue weighted by Crippen LogP contribution is -2.28. The van der Waals surface area contributed by atoms with E-state index in [-0.39, 0.29) is 11.3 Å². The zero-order valence-corrected chi connectivity index (χ0v) is 14.3. The van der Waals surface area contributed by atoms with Crippen LogP contribution in [0.3, 0.4) is 0 Å². The summed E-state index contributed by atoms with van der Waals surface area (Å²) in [7, 11) is 0. The van der Waals surface area contributed by atoms with Gasteiger partial charge in [-0.05, 0) is 42.2 Å². The van der Waals surface area contributed by atoms with Gasteiger partial charge in [0.1, 0.15) is 12.4 Å². The maximum Gasteiger partial charge on any atom is 0.251 e. The zero-order chi connectivity index (χ0) is 16.9. The van der Waals surface area contributed by atoms with Crippen LogP contribution in [-0.4, -0.2) is 19.1 Å². The van der Waals surface area contributed by atoms with Crippen molar-refractivity contribution in [2.45, 2.75) is 33.1 Å². The molecule has 3 heteroatoms. The molecule has 0 atom stereocenters. The van der Waals surface area contributed by atoms with Gasteiger partial charge in [0.25, 0.3) is 5.91 Å². The summed E-state index contributed by atoms with van der Waals surface area (Å²) in [6, 6.07) is 15.6. The molecule has 0 fully saturated rings. The Morgan fingerprint density at radius 2 is 1.61 bits per heavy atom. The van der Waals surface area contributed by atoms with Gasteiger partial charge in [0.15, 0.2) is 0 Å². The molecule has 23 heavy (non-hydrogen) atoms. The van der Waals surface area contributed by atoms with Gasteiger partial charge in [0.05, 0.1) is 6.54 Å². The van der Waals surface area contributed by atoms with Gasteiger partial charge in [0, 0.05) is 5.56 Å². The number of rotatable bonds is 5. The predicted octanol–water partition coefficient (Wildman–Crippen LogP) is 4.10. The normalized spacial score (nSPS) is 11.1. The van der Waals surface area contributed by atoms with E-state index in [0.717, 1.165) is 5.75 Å². The van der Waals surface area contributed by atoms with Crippen molar-refractivity contribution in [2.24, 2.45) is 0 Å². The average Bonchev–Trinajstić information content (AvgIpc) is 2.52. The molecule has 0 aliphatic heterocycles. The Morgan fingerprint density at radius 3 is 2.17 bits per heavy atom. The lowest BCUT2D eigenvalue weighted by Gasteiger charge is -2.19. The van der Waals surface area contributed by atoms with Crippen molar-refractivity contribution in [1.29, 1.82) is 0 Å². The number of benzene rings is 2. The second-order valence-electron chi connectivity index (χ2n) is 6.74. The molecule has 1 amide bonds. The van der Waals surface area contributed by atoms with Crippen molar-refractivity contribution in [2.75, 3.05) is 13.2 Å². The molecule has 0 unspecified atom stereocenters. The van der Waals surface area contributed by atoms with Crippen molar-refractivity contribution in [3.63, 3.8) is 0 Å². The Balaban J connectivity index is 1.79. The SMILES string of the molecule is Cc1ccc(OCCNC(=O)c2ccc(C(C)(C)C)cc2)cc1. The van der Waals surface area contributed by atoms with Gasteiger partial charge in [-0.15, -0.1) is 0 Å². The maximum atomic E-state index is 12.1. The molecular weight excluding hydrogens is 286 g/mol. The Morgan fingerprint density at radius 1 is 1.00 bits per heavy atom. The molecule has 122 valence electrons. The van der Waals surface area contributed by atoms with Crippen molar-refractivity contribution in [3.8, 4) is 5.75 Å². The summed E-state index contributed by atoms with van der Waals surface area (Å²) in [5, 5.41) is 2.87. The van der Waals surface area contributed by atoms with Gasteiger partial charge < -0.3 is 10.1 Å². The van der Waals surface area contributed by atoms with Crippen LogP contribution < -0.4 is 10.1 Å². The van der Waals surface area contributed by atoms with Crippen LogP contribution in [0.15, 0.2) is 48.5 Å². The van der Waals surface area contributed by atoms with E-state index in [9.17, 15) is 4.79 Å². The highest BCUT2D eigenvalue weighted by Gasteiger charge is 2.14. The predicted molar refractivity (Wildman–Crippen MR) is 94.1 cm³/mol. The van der Waals surface area contributed by atoms with Crippen molar-refractivity contribution >= 4 is 5.91 Å². The summed E-state index contributed by atoms with van der Waals surface area (Å²) in [6.45, 7) is 9.44. The molecule has 2 aromatic carbocycles. The van der Waals surface area contributed by atoms with Gasteiger partial charge >= 0.3 is 0 Å². The molecule has 0 saturated carbocycles. The van der Waals surface area contributed by atoms with E-state index in [1.165, 1.54) is 11.1 Å². The molecular formula is C20H25NO2. The number of hydrogen-bond acceptors (Lipinski definition) is 2. The molecule has 0 bridgehead atoms. The lowest BCUT2D eigenvalue weighted by atomic mass is 9.87. The minimum absolute atomic E-state index is 0.0713. The molecule has 0 radical (unpaired) electrons. The lowest BCUT2D eigenvalue weighted by molar-refractivity contribution is 0.0947. The van der Waals surface area contributed by atoms with E-state index in [1.807, 2.05) is 55.5 Å². The standard InChI is InChI=1S/C20H25NO2/c1-15-5-11-18(12-6-15)23-14-13-21-19(22)16-7-9-17(10-8-16)20(2,3)4/h5-12H,13-14H2,1-4H3,(H,21,22). The smallest absolute Gasteiger partial charge is 0.251 e. The first-order chi connectivity index (χ1) is 10.9. The van der Waals surface area contributed by atoms with E-state index >= 15 is 0 Å². The fraction of sp³-hybridized carbons (Fsp3) is 0.350. The molecule has 2 aromatic rings. The summed E-state index contributed by atoms with van der Waals surface area (Å²) >= 11 is 0. The molecule has 0 saturated heterocycles. The number of aryl methyl sites for hydroxylation is 1. The van der Waals surface area contributed by atoms with Gasteiger partial charge in [0.2, 0.25) is 0 Å². The summed E-state index contributed by atoms with van der Waals surface area (Å²) in [4.78, 5) is 12.1. The van der Waals surface area contributed by atoms with Gasteiger partial charge in [-0.1, -0.05) is 50.6 Å². The van der Waals surface area contributed by atoms with Gasteiger partial charge in [-0.25, -0.2) is 0 Å². The van der Waals surface area contributed by atoms with Crippen LogP contribution in [0.5, 0.6) is 5.75 Å². The molecule has 0 aliphatic rings. The number of hydrogen-bond donors (Lipinski definition) is 1. The fourth-order valence-electron chi connectivity index (χ4n) is 2.19. The minimum atomic E-state index is -0.0713. The summed E-state index contributed by atoms with van der Waals surface area (Å²) in [6.07, 6.45) is 0. The largest absolute Gasteiger partial charge is 0.492 e. The Bertz CT molecular complexity index is 637. The highest BCUT2D eigenvalue weighted by Crippen LogP contribution is 2.22. The summed E-state index contributed by atoms with van der Waals surface area (Å²) < 4.78 is 5.60. The first kappa shape index (κ1) is 17.1. The summed E-state index contributed by atoms with van der Waals surface area (Å²) in [5.74, 6) is 0.748. The number of carbonyl (C=O) groups excluding carboxylic acids is 1. The van der Waals surface area contributed by atoms with E-state index in [2.05, 4.69) is 26.1 Å². The average molecular weight is 311 g/mol. The quantitative estimate of drug-likeness (QED) is 0.844. The van der Waals surface area contributed by atoms with Crippen LogP contribution >= 0.6 is 0 Å². The highest BCUT2D eigenvalue weighted by atomic mass is 16.5. The van der Waals surface area contributed by atoms with Crippen LogP contribution in [0.25, 0.3) is 0 Å². The topological polar surface area (TPSA) is 38.3 Å². The van der Waals surface area contributed by atoms with E-state index in [4.69, 9.17) is 4.74 Å². The van der Waals surface area contributed by atoms with E-state index in [1.54, 1.807) is 0 Å². The Hall–Kier alpha value is -2.29. The molecule has 2 rings (SSSR count). The van der Waals surface area contributed by atoms with Crippen molar-refractivity contribution < 1.29 is 9.53 Å². The van der Waals surface area contributed by atoms with Crippen LogP contribution in [0.1, 0.15) is 42.3 Å². The number of amides is 1.